The molecule has 1 aromatic carbocycles. The van der Waals surface area contributed by atoms with Crippen molar-refractivity contribution in [3.8, 4) is 0 Å². The fourth-order valence-electron chi connectivity index (χ4n) is 1.81. The minimum atomic E-state index is -3.50. The lowest BCUT2D eigenvalue weighted by Crippen LogP contribution is -2.27. The largest absolute Gasteiger partial charge is 0.385 e. The van der Waals surface area contributed by atoms with E-state index in [0.717, 1.165) is 12.2 Å². The molecule has 108 valence electrons. The lowest BCUT2D eigenvalue weighted by Gasteiger charge is -2.16. The summed E-state index contributed by atoms with van der Waals surface area (Å²) in [4.78, 5) is 7.19. The Kier molecular flexibility index (Phi) is 4.41. The Labute approximate surface area is 118 Å². The molecule has 0 saturated heterocycles. The van der Waals surface area contributed by atoms with Crippen LogP contribution in [-0.2, 0) is 16.6 Å². The van der Waals surface area contributed by atoms with Crippen LogP contribution in [0.1, 0.15) is 12.7 Å². The van der Waals surface area contributed by atoms with E-state index in [1.165, 1.54) is 11.4 Å². The number of rotatable bonds is 6. The van der Waals surface area contributed by atoms with Crippen molar-refractivity contribution in [2.24, 2.45) is 0 Å². The molecule has 2 aromatic rings. The molecule has 0 aliphatic rings. The van der Waals surface area contributed by atoms with Gasteiger partial charge in [-0.1, -0.05) is 0 Å². The normalized spacial score (nSPS) is 11.8. The van der Waals surface area contributed by atoms with Gasteiger partial charge in [0.15, 0.2) is 0 Å². The second kappa shape index (κ2) is 6.06. The second-order valence-corrected chi connectivity index (χ2v) is 6.40. The molecule has 1 heterocycles. The van der Waals surface area contributed by atoms with Gasteiger partial charge in [0, 0.05) is 31.7 Å². The Morgan fingerprint density at radius 1 is 1.30 bits per heavy atom. The fourth-order valence-corrected chi connectivity index (χ4v) is 2.94. The van der Waals surface area contributed by atoms with Gasteiger partial charge >= 0.3 is 0 Å². The molecule has 0 radical (unpaired) electrons. The van der Waals surface area contributed by atoms with E-state index in [1.807, 2.05) is 6.92 Å². The molecule has 0 bridgehead atoms. The van der Waals surface area contributed by atoms with Crippen LogP contribution in [0.15, 0.2) is 41.6 Å². The van der Waals surface area contributed by atoms with E-state index in [9.17, 15) is 8.42 Å². The molecule has 6 nitrogen and oxygen atoms in total. The average Bonchev–Trinajstić information content (AvgIpc) is 2.92. The first kappa shape index (κ1) is 14.5. The van der Waals surface area contributed by atoms with Crippen LogP contribution >= 0.6 is 0 Å². The Morgan fingerprint density at radius 3 is 2.55 bits per heavy atom. The molecular weight excluding hydrogens is 276 g/mol. The summed E-state index contributed by atoms with van der Waals surface area (Å²) in [7, 11) is -1.96. The first-order chi connectivity index (χ1) is 9.54. The van der Waals surface area contributed by atoms with Gasteiger partial charge < -0.3 is 10.3 Å². The van der Waals surface area contributed by atoms with Crippen molar-refractivity contribution in [3.05, 3.63) is 42.5 Å². The van der Waals surface area contributed by atoms with E-state index in [1.54, 1.807) is 36.7 Å². The lowest BCUT2D eigenvalue weighted by molar-refractivity contribution is 0.458. The molecule has 7 heteroatoms. The van der Waals surface area contributed by atoms with Gasteiger partial charge in [0.25, 0.3) is 0 Å². The molecule has 1 aromatic heterocycles. The highest BCUT2D eigenvalue weighted by molar-refractivity contribution is 7.89. The van der Waals surface area contributed by atoms with Gasteiger partial charge in [-0.25, -0.2) is 13.4 Å². The number of anilines is 1. The molecule has 2 rings (SSSR count). The molecule has 0 saturated carbocycles. The quantitative estimate of drug-likeness (QED) is 0.849. The maximum Gasteiger partial charge on any atom is 0.243 e. The third-order valence-corrected chi connectivity index (χ3v) is 4.69. The van der Waals surface area contributed by atoms with Crippen LogP contribution in [0.4, 0.5) is 5.69 Å². The number of nitrogens with zero attached hydrogens (tertiary/aromatic N) is 2. The van der Waals surface area contributed by atoms with Gasteiger partial charge in [-0.3, -0.25) is 0 Å². The third kappa shape index (κ3) is 3.17. The van der Waals surface area contributed by atoms with Crippen molar-refractivity contribution in [2.75, 3.05) is 18.9 Å². The zero-order valence-corrected chi connectivity index (χ0v) is 12.3. The van der Waals surface area contributed by atoms with E-state index in [2.05, 4.69) is 15.3 Å². The van der Waals surface area contributed by atoms with Gasteiger partial charge in [0.1, 0.15) is 5.82 Å². The number of aromatic amines is 1. The number of imidazole rings is 1. The van der Waals surface area contributed by atoms with Crippen molar-refractivity contribution in [2.45, 2.75) is 18.4 Å². The number of benzene rings is 1. The SMILES string of the molecule is CCNc1ccc(S(=O)(=O)N(C)Cc2ncc[nH]2)cc1. The van der Waals surface area contributed by atoms with Gasteiger partial charge in [-0.15, -0.1) is 0 Å². The number of aromatic nitrogens is 2. The molecule has 2 N–H and O–H groups in total. The van der Waals surface area contributed by atoms with Crippen LogP contribution in [0.25, 0.3) is 0 Å². The highest BCUT2D eigenvalue weighted by Crippen LogP contribution is 2.18. The van der Waals surface area contributed by atoms with Gasteiger partial charge in [-0.05, 0) is 31.2 Å². The molecule has 0 unspecified atom stereocenters. The number of hydrogen-bond donors (Lipinski definition) is 2. The maximum atomic E-state index is 12.4. The van der Waals surface area contributed by atoms with Crippen molar-refractivity contribution in [1.82, 2.24) is 14.3 Å². The zero-order chi connectivity index (χ0) is 14.6. The number of hydrogen-bond acceptors (Lipinski definition) is 4. The van der Waals surface area contributed by atoms with E-state index < -0.39 is 10.0 Å². The minimum Gasteiger partial charge on any atom is -0.385 e. The lowest BCUT2D eigenvalue weighted by atomic mass is 10.3. The molecule has 0 aliphatic heterocycles. The maximum absolute atomic E-state index is 12.4. The Bertz CT molecular complexity index is 636. The summed E-state index contributed by atoms with van der Waals surface area (Å²) in [6, 6.07) is 6.73. The van der Waals surface area contributed by atoms with Crippen molar-refractivity contribution >= 4 is 15.7 Å². The summed E-state index contributed by atoms with van der Waals surface area (Å²) < 4.78 is 26.1. The smallest absolute Gasteiger partial charge is 0.243 e. The second-order valence-electron chi connectivity index (χ2n) is 4.35. The van der Waals surface area contributed by atoms with Gasteiger partial charge in [0.2, 0.25) is 10.0 Å². The van der Waals surface area contributed by atoms with Crippen LogP contribution in [-0.4, -0.2) is 36.3 Å². The first-order valence-corrected chi connectivity index (χ1v) is 7.76. The third-order valence-electron chi connectivity index (χ3n) is 2.87. The van der Waals surface area contributed by atoms with E-state index >= 15 is 0 Å². The molecule has 0 atom stereocenters. The predicted molar refractivity (Wildman–Crippen MR) is 77.8 cm³/mol. The van der Waals surface area contributed by atoms with Crippen LogP contribution in [0, 0.1) is 0 Å². The summed E-state index contributed by atoms with van der Waals surface area (Å²) in [6.07, 6.45) is 3.27. The van der Waals surface area contributed by atoms with E-state index in [0.29, 0.717) is 5.82 Å². The average molecular weight is 294 g/mol. The first-order valence-electron chi connectivity index (χ1n) is 6.32. The highest BCUT2D eigenvalue weighted by atomic mass is 32.2. The summed E-state index contributed by atoms with van der Waals surface area (Å²) in [5.74, 6) is 0.611. The van der Waals surface area contributed by atoms with Crippen LogP contribution in [0.3, 0.4) is 0 Å². The van der Waals surface area contributed by atoms with E-state index in [4.69, 9.17) is 0 Å². The predicted octanol–water partition coefficient (Wildman–Crippen LogP) is 1.66. The molecule has 0 fully saturated rings. The number of nitrogens with one attached hydrogen (secondary N) is 2. The Morgan fingerprint density at radius 2 is 2.00 bits per heavy atom. The summed E-state index contributed by atoms with van der Waals surface area (Å²) in [5.41, 5.74) is 0.903. The van der Waals surface area contributed by atoms with Crippen LogP contribution < -0.4 is 5.32 Å². The van der Waals surface area contributed by atoms with Crippen molar-refractivity contribution in [3.63, 3.8) is 0 Å². The summed E-state index contributed by atoms with van der Waals surface area (Å²) in [5, 5.41) is 3.13. The van der Waals surface area contributed by atoms with Crippen molar-refractivity contribution < 1.29 is 8.42 Å². The van der Waals surface area contributed by atoms with Gasteiger partial charge in [0.05, 0.1) is 11.4 Å². The standard InChI is InChI=1S/C13H18N4O2S/c1-3-14-11-4-6-12(7-5-11)20(18,19)17(2)10-13-15-8-9-16-13/h4-9,14H,3,10H2,1-2H3,(H,15,16). The van der Waals surface area contributed by atoms with Crippen LogP contribution in [0.5, 0.6) is 0 Å². The van der Waals surface area contributed by atoms with Crippen LogP contribution in [0.2, 0.25) is 0 Å². The zero-order valence-electron chi connectivity index (χ0n) is 11.5. The monoisotopic (exact) mass is 294 g/mol. The minimum absolute atomic E-state index is 0.213. The summed E-state index contributed by atoms with van der Waals surface area (Å²) >= 11 is 0. The molecule has 0 aliphatic carbocycles. The molecule has 20 heavy (non-hydrogen) atoms. The highest BCUT2D eigenvalue weighted by Gasteiger charge is 2.21. The Balaban J connectivity index is 2.16. The van der Waals surface area contributed by atoms with Crippen molar-refractivity contribution in [1.29, 1.82) is 0 Å². The topological polar surface area (TPSA) is 78.1 Å². The number of sulfonamides is 1. The van der Waals surface area contributed by atoms with Gasteiger partial charge in [-0.2, -0.15) is 4.31 Å². The molecular formula is C13H18N4O2S. The summed E-state index contributed by atoms with van der Waals surface area (Å²) in [6.45, 7) is 3.00. The Hall–Kier alpha value is -1.86. The van der Waals surface area contributed by atoms with E-state index in [-0.39, 0.29) is 11.4 Å². The molecule has 0 amide bonds. The molecule has 0 spiro atoms. The number of H-pyrrole nitrogens is 1. The fraction of sp³-hybridized carbons (Fsp3) is 0.308.